The van der Waals surface area contributed by atoms with Gasteiger partial charge in [-0.3, -0.25) is 0 Å². The largest absolute Gasteiger partial charge is 0.329 e. The molecule has 2 N–H and O–H groups in total. The lowest BCUT2D eigenvalue weighted by Gasteiger charge is -2.29. The maximum atomic E-state index is 12.1. The van der Waals surface area contributed by atoms with Gasteiger partial charge in [-0.05, 0) is 19.8 Å². The first-order valence-corrected chi connectivity index (χ1v) is 7.25. The average molecular weight is 234 g/mol. The van der Waals surface area contributed by atoms with Gasteiger partial charge in [-0.2, -0.15) is 4.31 Å². The van der Waals surface area contributed by atoms with E-state index in [9.17, 15) is 8.42 Å². The van der Waals surface area contributed by atoms with Crippen LogP contribution in [0, 0.1) is 0 Å². The Morgan fingerprint density at radius 1 is 1.40 bits per heavy atom. The molecule has 0 aromatic heterocycles. The van der Waals surface area contributed by atoms with Gasteiger partial charge >= 0.3 is 0 Å². The zero-order chi connectivity index (χ0) is 11.5. The van der Waals surface area contributed by atoms with Crippen LogP contribution in [-0.4, -0.2) is 37.1 Å². The summed E-state index contributed by atoms with van der Waals surface area (Å²) in [7, 11) is -3.18. The molecule has 1 fully saturated rings. The topological polar surface area (TPSA) is 63.4 Å². The zero-order valence-electron chi connectivity index (χ0n) is 9.65. The standard InChI is InChI=1S/C10H22N2O2S/c1-3-12(10-6-4-5-7-10)15(13,14)9(2)8-11/h9-10H,3-8,11H2,1-2H3. The van der Waals surface area contributed by atoms with Crippen molar-refractivity contribution < 1.29 is 8.42 Å². The summed E-state index contributed by atoms with van der Waals surface area (Å²) in [5.74, 6) is 0. The van der Waals surface area contributed by atoms with E-state index in [1.54, 1.807) is 11.2 Å². The predicted molar refractivity (Wildman–Crippen MR) is 62.1 cm³/mol. The van der Waals surface area contributed by atoms with Crippen LogP contribution in [0.1, 0.15) is 39.5 Å². The first kappa shape index (κ1) is 12.9. The highest BCUT2D eigenvalue weighted by Crippen LogP contribution is 2.26. The van der Waals surface area contributed by atoms with E-state index in [1.165, 1.54) is 0 Å². The molecule has 1 aliphatic carbocycles. The molecule has 5 heteroatoms. The van der Waals surface area contributed by atoms with Crippen LogP contribution in [0.25, 0.3) is 0 Å². The van der Waals surface area contributed by atoms with E-state index in [-0.39, 0.29) is 12.6 Å². The number of hydrogen-bond acceptors (Lipinski definition) is 3. The van der Waals surface area contributed by atoms with Gasteiger partial charge in [0.2, 0.25) is 10.0 Å². The molecule has 4 nitrogen and oxygen atoms in total. The third kappa shape index (κ3) is 2.71. The van der Waals surface area contributed by atoms with Crippen molar-refractivity contribution in [2.24, 2.45) is 5.73 Å². The fourth-order valence-corrected chi connectivity index (χ4v) is 3.88. The van der Waals surface area contributed by atoms with Crippen molar-refractivity contribution >= 4 is 10.0 Å². The molecule has 1 unspecified atom stereocenters. The van der Waals surface area contributed by atoms with Gasteiger partial charge in [0.15, 0.2) is 0 Å². The second kappa shape index (κ2) is 5.27. The molecular weight excluding hydrogens is 212 g/mol. The highest BCUT2D eigenvalue weighted by atomic mass is 32.2. The Bertz CT molecular complexity index is 284. The Morgan fingerprint density at radius 3 is 2.33 bits per heavy atom. The van der Waals surface area contributed by atoms with Crippen molar-refractivity contribution in [3.63, 3.8) is 0 Å². The van der Waals surface area contributed by atoms with Gasteiger partial charge in [0.05, 0.1) is 5.25 Å². The second-order valence-corrected chi connectivity index (χ2v) is 6.54. The van der Waals surface area contributed by atoms with Gasteiger partial charge in [-0.1, -0.05) is 19.8 Å². The van der Waals surface area contributed by atoms with Gasteiger partial charge < -0.3 is 5.73 Å². The van der Waals surface area contributed by atoms with Gasteiger partial charge in [0.1, 0.15) is 0 Å². The van der Waals surface area contributed by atoms with E-state index in [0.717, 1.165) is 25.7 Å². The Hall–Kier alpha value is -0.130. The van der Waals surface area contributed by atoms with Gasteiger partial charge in [-0.15, -0.1) is 0 Å². The fourth-order valence-electron chi connectivity index (χ4n) is 2.19. The summed E-state index contributed by atoms with van der Waals surface area (Å²) in [6.07, 6.45) is 4.30. The molecule has 0 aliphatic heterocycles. The van der Waals surface area contributed by atoms with Crippen molar-refractivity contribution in [3.8, 4) is 0 Å². The van der Waals surface area contributed by atoms with Crippen LogP contribution in [-0.2, 0) is 10.0 Å². The lowest BCUT2D eigenvalue weighted by molar-refractivity contribution is 0.332. The summed E-state index contributed by atoms with van der Waals surface area (Å²) in [5, 5.41) is -0.460. The molecule has 0 heterocycles. The van der Waals surface area contributed by atoms with E-state index >= 15 is 0 Å². The lowest BCUT2D eigenvalue weighted by Crippen LogP contribution is -2.45. The van der Waals surface area contributed by atoms with Crippen molar-refractivity contribution in [3.05, 3.63) is 0 Å². The molecule has 90 valence electrons. The van der Waals surface area contributed by atoms with Crippen molar-refractivity contribution in [1.29, 1.82) is 0 Å². The molecule has 1 atom stereocenters. The first-order valence-electron chi connectivity index (χ1n) is 5.74. The second-order valence-electron chi connectivity index (χ2n) is 4.23. The zero-order valence-corrected chi connectivity index (χ0v) is 10.5. The minimum absolute atomic E-state index is 0.200. The fraction of sp³-hybridized carbons (Fsp3) is 1.00. The molecule has 15 heavy (non-hydrogen) atoms. The van der Waals surface area contributed by atoms with Gasteiger partial charge in [0, 0.05) is 19.1 Å². The van der Waals surface area contributed by atoms with Gasteiger partial charge in [-0.25, -0.2) is 8.42 Å². The minimum Gasteiger partial charge on any atom is -0.329 e. The molecule has 0 saturated heterocycles. The van der Waals surface area contributed by atoms with Gasteiger partial charge in [0.25, 0.3) is 0 Å². The van der Waals surface area contributed by atoms with Crippen molar-refractivity contribution in [2.45, 2.75) is 50.8 Å². The number of nitrogens with two attached hydrogens (primary N) is 1. The summed E-state index contributed by atoms with van der Waals surface area (Å²) < 4.78 is 25.9. The summed E-state index contributed by atoms with van der Waals surface area (Å²) in [6, 6.07) is 0.217. The summed E-state index contributed by atoms with van der Waals surface area (Å²) >= 11 is 0. The molecule has 0 amide bonds. The highest BCUT2D eigenvalue weighted by Gasteiger charge is 2.33. The van der Waals surface area contributed by atoms with Crippen molar-refractivity contribution in [1.82, 2.24) is 4.31 Å². The Labute approximate surface area is 92.9 Å². The molecule has 0 spiro atoms. The van der Waals surface area contributed by atoms with E-state index in [1.807, 2.05) is 6.92 Å². The van der Waals surface area contributed by atoms with E-state index in [0.29, 0.717) is 6.54 Å². The highest BCUT2D eigenvalue weighted by molar-refractivity contribution is 7.89. The molecule has 0 aromatic rings. The monoisotopic (exact) mass is 234 g/mol. The third-order valence-corrected chi connectivity index (χ3v) is 5.63. The number of hydrogen-bond donors (Lipinski definition) is 1. The number of sulfonamides is 1. The van der Waals surface area contributed by atoms with Crippen LogP contribution >= 0.6 is 0 Å². The quantitative estimate of drug-likeness (QED) is 0.769. The van der Waals surface area contributed by atoms with E-state index < -0.39 is 15.3 Å². The summed E-state index contributed by atoms with van der Waals surface area (Å²) in [5.41, 5.74) is 5.44. The Kier molecular flexibility index (Phi) is 4.55. The molecule has 0 aromatic carbocycles. The summed E-state index contributed by atoms with van der Waals surface area (Å²) in [4.78, 5) is 0. The predicted octanol–water partition coefficient (Wildman–Crippen LogP) is 0.928. The molecule has 1 saturated carbocycles. The molecule has 1 aliphatic rings. The molecule has 1 rings (SSSR count). The smallest absolute Gasteiger partial charge is 0.218 e. The Morgan fingerprint density at radius 2 is 1.93 bits per heavy atom. The minimum atomic E-state index is -3.18. The first-order chi connectivity index (χ1) is 7.04. The van der Waals surface area contributed by atoms with Crippen molar-refractivity contribution in [2.75, 3.05) is 13.1 Å². The van der Waals surface area contributed by atoms with Crippen LogP contribution in [0.15, 0.2) is 0 Å². The Balaban J connectivity index is 2.81. The number of nitrogens with zero attached hydrogens (tertiary/aromatic N) is 1. The number of rotatable bonds is 5. The maximum Gasteiger partial charge on any atom is 0.218 e. The van der Waals surface area contributed by atoms with Crippen LogP contribution in [0.5, 0.6) is 0 Å². The van der Waals surface area contributed by atoms with Crippen LogP contribution < -0.4 is 5.73 Å². The van der Waals surface area contributed by atoms with Crippen LogP contribution in [0.3, 0.4) is 0 Å². The molecule has 0 radical (unpaired) electrons. The van der Waals surface area contributed by atoms with Crippen LogP contribution in [0.2, 0.25) is 0 Å². The van der Waals surface area contributed by atoms with Crippen LogP contribution in [0.4, 0.5) is 0 Å². The van der Waals surface area contributed by atoms with E-state index in [2.05, 4.69) is 0 Å². The molecular formula is C10H22N2O2S. The third-order valence-electron chi connectivity index (χ3n) is 3.21. The SMILES string of the molecule is CCN(C1CCCC1)S(=O)(=O)C(C)CN. The lowest BCUT2D eigenvalue weighted by atomic mass is 10.2. The molecule has 0 bridgehead atoms. The normalized spacial score (nSPS) is 21.1. The van der Waals surface area contributed by atoms with E-state index in [4.69, 9.17) is 5.73 Å². The summed E-state index contributed by atoms with van der Waals surface area (Å²) in [6.45, 7) is 4.36. The maximum absolute atomic E-state index is 12.1. The average Bonchev–Trinajstić information content (AvgIpc) is 2.70.